The predicted molar refractivity (Wildman–Crippen MR) is 67.6 cm³/mol. The van der Waals surface area contributed by atoms with Crippen molar-refractivity contribution in [2.75, 3.05) is 5.32 Å². The van der Waals surface area contributed by atoms with E-state index < -0.39 is 15.1 Å². The highest BCUT2D eigenvalue weighted by molar-refractivity contribution is 8.45. The monoisotopic (exact) mass is 295 g/mol. The molecule has 0 heterocycles. The van der Waals surface area contributed by atoms with Crippen molar-refractivity contribution < 1.29 is 19.4 Å². The van der Waals surface area contributed by atoms with Gasteiger partial charge in [-0.2, -0.15) is 0 Å². The van der Waals surface area contributed by atoms with Crippen LogP contribution in [0.2, 0.25) is 0 Å². The zero-order chi connectivity index (χ0) is 14.2. The second-order valence-electron chi connectivity index (χ2n) is 3.98. The molecule has 7 heteroatoms. The first kappa shape index (κ1) is 13.7. The van der Waals surface area contributed by atoms with Crippen LogP contribution in [0, 0.1) is 0 Å². The summed E-state index contributed by atoms with van der Waals surface area (Å²) >= 11 is 0. The Labute approximate surface area is 106 Å². The summed E-state index contributed by atoms with van der Waals surface area (Å²) in [7, 11) is -9.58. The number of rotatable bonds is 3. The largest absolute Gasteiger partial charge is 0.356 e. The smallest absolute Gasteiger partial charge is 0.310 e. The lowest BCUT2D eigenvalue weighted by Gasteiger charge is -2.40. The summed E-state index contributed by atoms with van der Waals surface area (Å²) in [6.07, 6.45) is 0. The van der Waals surface area contributed by atoms with E-state index in [1.165, 1.54) is 0 Å². The first-order valence-electron chi connectivity index (χ1n) is 5.21. The molecule has 2 rings (SSSR count). The van der Waals surface area contributed by atoms with Crippen LogP contribution in [-0.2, 0) is 0 Å². The molecule has 0 unspecified atom stereocenters. The Balaban J connectivity index is 2.26. The summed E-state index contributed by atoms with van der Waals surface area (Å²) < 4.78 is 62.4. The molecule has 0 bridgehead atoms. The minimum atomic E-state index is -9.58. The molecule has 1 nitrogen and oxygen atoms in total. The van der Waals surface area contributed by atoms with Gasteiger partial charge in [0.2, 0.25) is 0 Å². The molecular formula is C12H10F5NS. The average molecular weight is 295 g/mol. The van der Waals surface area contributed by atoms with Crippen LogP contribution in [0.25, 0.3) is 0 Å². The van der Waals surface area contributed by atoms with Gasteiger partial charge in [-0.25, -0.2) is 0 Å². The fraction of sp³-hybridized carbons (Fsp3) is 0. The van der Waals surface area contributed by atoms with E-state index in [4.69, 9.17) is 0 Å². The minimum absolute atomic E-state index is 0.303. The van der Waals surface area contributed by atoms with Crippen molar-refractivity contribution >= 4 is 21.6 Å². The van der Waals surface area contributed by atoms with E-state index >= 15 is 0 Å². The number of para-hydroxylation sites is 1. The molecule has 0 aliphatic heterocycles. The molecule has 2 aromatic rings. The second kappa shape index (κ2) is 3.63. The summed E-state index contributed by atoms with van der Waals surface area (Å²) in [4.78, 5) is -1.89. The van der Waals surface area contributed by atoms with E-state index in [0.29, 0.717) is 23.5 Å². The van der Waals surface area contributed by atoms with Crippen LogP contribution >= 0.6 is 10.2 Å². The molecule has 0 aromatic heterocycles. The Morgan fingerprint density at radius 1 is 0.632 bits per heavy atom. The predicted octanol–water partition coefficient (Wildman–Crippen LogP) is 6.09. The van der Waals surface area contributed by atoms with Gasteiger partial charge in [0.1, 0.15) is 4.90 Å². The summed E-state index contributed by atoms with van der Waals surface area (Å²) in [6, 6.07) is 11.4. The Bertz CT molecular complexity index is 577. The lowest BCUT2D eigenvalue weighted by Crippen LogP contribution is -2.05. The standard InChI is InChI=1S/C12H10F5NS/c13-19(14,15,16,17)12-8-6-11(7-9-12)18-10-4-2-1-3-5-10/h1-9,18H. The molecular weight excluding hydrogens is 285 g/mol. The minimum Gasteiger partial charge on any atom is -0.356 e. The highest BCUT2D eigenvalue weighted by Crippen LogP contribution is 3.02. The molecule has 0 saturated carbocycles. The number of nitrogens with one attached hydrogen (secondary N) is 1. The van der Waals surface area contributed by atoms with E-state index in [1.54, 1.807) is 30.3 Å². The van der Waals surface area contributed by atoms with Gasteiger partial charge in [0.05, 0.1) is 0 Å². The van der Waals surface area contributed by atoms with Gasteiger partial charge in [0.25, 0.3) is 0 Å². The van der Waals surface area contributed by atoms with Gasteiger partial charge in [-0.3, -0.25) is 0 Å². The molecule has 0 spiro atoms. The number of hydrogen-bond donors (Lipinski definition) is 1. The molecule has 0 aliphatic carbocycles. The van der Waals surface area contributed by atoms with E-state index in [0.717, 1.165) is 12.1 Å². The van der Waals surface area contributed by atoms with Gasteiger partial charge in [-0.1, -0.05) is 37.6 Å². The van der Waals surface area contributed by atoms with Crippen molar-refractivity contribution in [2.45, 2.75) is 4.90 Å². The molecule has 0 aliphatic rings. The van der Waals surface area contributed by atoms with Crippen molar-refractivity contribution in [2.24, 2.45) is 0 Å². The van der Waals surface area contributed by atoms with Crippen molar-refractivity contribution in [1.29, 1.82) is 0 Å². The third-order valence-electron chi connectivity index (χ3n) is 2.36. The second-order valence-corrected chi connectivity index (χ2v) is 6.39. The lowest BCUT2D eigenvalue weighted by molar-refractivity contribution is 0.364. The van der Waals surface area contributed by atoms with Gasteiger partial charge in [-0.05, 0) is 36.4 Å². The van der Waals surface area contributed by atoms with Crippen LogP contribution in [0.4, 0.5) is 30.8 Å². The van der Waals surface area contributed by atoms with Crippen molar-refractivity contribution in [1.82, 2.24) is 0 Å². The van der Waals surface area contributed by atoms with Crippen LogP contribution in [0.3, 0.4) is 0 Å². The van der Waals surface area contributed by atoms with E-state index in [-0.39, 0.29) is 0 Å². The molecule has 0 radical (unpaired) electrons. The normalized spacial score (nSPS) is 15.4. The third kappa shape index (κ3) is 3.60. The first-order valence-corrected chi connectivity index (χ1v) is 7.16. The fourth-order valence-corrected chi connectivity index (χ4v) is 2.13. The maximum absolute atomic E-state index is 12.5. The molecule has 0 amide bonds. The van der Waals surface area contributed by atoms with E-state index in [9.17, 15) is 19.4 Å². The SMILES string of the molecule is FS(F)(F)(F)(F)c1ccc(Nc2ccccc2)cc1. The molecule has 104 valence electrons. The number of hydrogen-bond acceptors (Lipinski definition) is 1. The van der Waals surface area contributed by atoms with Crippen LogP contribution in [0.5, 0.6) is 0 Å². The Morgan fingerprint density at radius 2 is 1.11 bits per heavy atom. The summed E-state index contributed by atoms with van der Waals surface area (Å²) in [5, 5.41) is 2.81. The Morgan fingerprint density at radius 3 is 1.58 bits per heavy atom. The van der Waals surface area contributed by atoms with Crippen LogP contribution in [-0.4, -0.2) is 0 Å². The van der Waals surface area contributed by atoms with E-state index in [1.807, 2.05) is 0 Å². The zero-order valence-electron chi connectivity index (χ0n) is 9.49. The maximum Gasteiger partial charge on any atom is 0.310 e. The van der Waals surface area contributed by atoms with Crippen molar-refractivity contribution in [3.63, 3.8) is 0 Å². The first-order chi connectivity index (χ1) is 8.54. The Kier molecular flexibility index (Phi) is 2.61. The van der Waals surface area contributed by atoms with Crippen molar-refractivity contribution in [3.8, 4) is 0 Å². The van der Waals surface area contributed by atoms with Crippen LogP contribution in [0.15, 0.2) is 59.5 Å². The van der Waals surface area contributed by atoms with Gasteiger partial charge < -0.3 is 5.32 Å². The average Bonchev–Trinajstić information content (AvgIpc) is 2.28. The van der Waals surface area contributed by atoms with Gasteiger partial charge >= 0.3 is 10.2 Å². The van der Waals surface area contributed by atoms with E-state index in [2.05, 4.69) is 5.32 Å². The number of anilines is 2. The molecule has 19 heavy (non-hydrogen) atoms. The van der Waals surface area contributed by atoms with Crippen LogP contribution < -0.4 is 5.32 Å². The van der Waals surface area contributed by atoms with Gasteiger partial charge in [0.15, 0.2) is 0 Å². The van der Waals surface area contributed by atoms with Gasteiger partial charge in [-0.15, -0.1) is 0 Å². The summed E-state index contributed by atoms with van der Waals surface area (Å²) in [6.45, 7) is 0. The Hall–Kier alpha value is -1.76. The highest BCUT2D eigenvalue weighted by Gasteiger charge is 2.65. The fourth-order valence-electron chi connectivity index (χ4n) is 1.48. The highest BCUT2D eigenvalue weighted by atomic mass is 32.5. The summed E-state index contributed by atoms with van der Waals surface area (Å²) in [5.74, 6) is 0. The maximum atomic E-state index is 12.5. The molecule has 2 aromatic carbocycles. The summed E-state index contributed by atoms with van der Waals surface area (Å²) in [5.41, 5.74) is 0.958. The topological polar surface area (TPSA) is 12.0 Å². The molecule has 0 fully saturated rings. The molecule has 0 saturated heterocycles. The zero-order valence-corrected chi connectivity index (χ0v) is 10.3. The molecule has 0 atom stereocenters. The number of halogens is 5. The number of benzene rings is 2. The third-order valence-corrected chi connectivity index (χ3v) is 3.53. The quantitative estimate of drug-likeness (QED) is 0.676. The van der Waals surface area contributed by atoms with Crippen molar-refractivity contribution in [3.05, 3.63) is 54.6 Å². The molecule has 1 N–H and O–H groups in total. The van der Waals surface area contributed by atoms with Crippen LogP contribution in [0.1, 0.15) is 0 Å². The van der Waals surface area contributed by atoms with Gasteiger partial charge in [0, 0.05) is 11.4 Å². The lowest BCUT2D eigenvalue weighted by atomic mass is 10.3.